The standard InChI is InChI=1S/C7H13NO/c1-5(2)7(9)4-6(3)8/h6H,1,4,8H2,2-3H3. The van der Waals surface area contributed by atoms with E-state index < -0.39 is 0 Å². The van der Waals surface area contributed by atoms with Crippen molar-refractivity contribution in [2.45, 2.75) is 26.3 Å². The zero-order valence-electron chi connectivity index (χ0n) is 5.98. The Morgan fingerprint density at radius 3 is 2.33 bits per heavy atom. The van der Waals surface area contributed by atoms with Crippen molar-refractivity contribution in [3.63, 3.8) is 0 Å². The summed E-state index contributed by atoms with van der Waals surface area (Å²) in [6.45, 7) is 7.01. The van der Waals surface area contributed by atoms with Gasteiger partial charge in [-0.1, -0.05) is 6.58 Å². The highest BCUT2D eigenvalue weighted by Crippen LogP contribution is 1.96. The predicted molar refractivity (Wildman–Crippen MR) is 38.1 cm³/mol. The third kappa shape index (κ3) is 3.91. The van der Waals surface area contributed by atoms with Crippen molar-refractivity contribution in [1.82, 2.24) is 0 Å². The highest BCUT2D eigenvalue weighted by molar-refractivity contribution is 5.94. The van der Waals surface area contributed by atoms with Gasteiger partial charge in [0, 0.05) is 12.5 Å². The van der Waals surface area contributed by atoms with Crippen LogP contribution in [0.4, 0.5) is 0 Å². The average molecular weight is 127 g/mol. The molecule has 0 aromatic rings. The summed E-state index contributed by atoms with van der Waals surface area (Å²) < 4.78 is 0. The summed E-state index contributed by atoms with van der Waals surface area (Å²) in [5.41, 5.74) is 5.96. The van der Waals surface area contributed by atoms with Gasteiger partial charge in [-0.05, 0) is 19.4 Å². The Balaban J connectivity index is 3.65. The molecule has 0 heterocycles. The SMILES string of the molecule is C=C(C)C(=O)CC(C)N. The molecule has 2 nitrogen and oxygen atoms in total. The van der Waals surface area contributed by atoms with Crippen LogP contribution in [0.1, 0.15) is 20.3 Å². The van der Waals surface area contributed by atoms with Crippen molar-refractivity contribution >= 4 is 5.78 Å². The van der Waals surface area contributed by atoms with Gasteiger partial charge in [0.05, 0.1) is 0 Å². The maximum absolute atomic E-state index is 10.8. The van der Waals surface area contributed by atoms with Crippen LogP contribution < -0.4 is 5.73 Å². The molecule has 0 amide bonds. The van der Waals surface area contributed by atoms with E-state index in [2.05, 4.69) is 6.58 Å². The van der Waals surface area contributed by atoms with Gasteiger partial charge in [0.2, 0.25) is 0 Å². The van der Waals surface area contributed by atoms with E-state index in [0.29, 0.717) is 12.0 Å². The first kappa shape index (κ1) is 8.37. The van der Waals surface area contributed by atoms with Crippen LogP contribution in [0.5, 0.6) is 0 Å². The smallest absolute Gasteiger partial charge is 0.159 e. The number of nitrogens with two attached hydrogens (primary N) is 1. The molecule has 52 valence electrons. The maximum Gasteiger partial charge on any atom is 0.159 e. The van der Waals surface area contributed by atoms with Crippen LogP contribution in [-0.4, -0.2) is 11.8 Å². The molecule has 2 N–H and O–H groups in total. The van der Waals surface area contributed by atoms with Gasteiger partial charge in [0.15, 0.2) is 5.78 Å². The molecular weight excluding hydrogens is 114 g/mol. The van der Waals surface area contributed by atoms with Crippen LogP contribution in [0.2, 0.25) is 0 Å². The molecule has 0 aliphatic heterocycles. The second kappa shape index (κ2) is 3.41. The van der Waals surface area contributed by atoms with Gasteiger partial charge in [-0.3, -0.25) is 4.79 Å². The first-order valence-corrected chi connectivity index (χ1v) is 2.98. The molecule has 2 heteroatoms. The lowest BCUT2D eigenvalue weighted by Crippen LogP contribution is -2.19. The number of allylic oxidation sites excluding steroid dienone is 1. The molecule has 0 bridgehead atoms. The van der Waals surface area contributed by atoms with Crippen LogP contribution in [0.3, 0.4) is 0 Å². The summed E-state index contributed by atoms with van der Waals surface area (Å²) in [4.78, 5) is 10.8. The van der Waals surface area contributed by atoms with E-state index in [0.717, 1.165) is 0 Å². The topological polar surface area (TPSA) is 43.1 Å². The molecule has 1 atom stereocenters. The summed E-state index contributed by atoms with van der Waals surface area (Å²) in [6, 6.07) is -0.0470. The Bertz CT molecular complexity index is 127. The van der Waals surface area contributed by atoms with Crippen LogP contribution in [-0.2, 0) is 4.79 Å². The molecule has 0 aromatic heterocycles. The van der Waals surface area contributed by atoms with E-state index in [1.54, 1.807) is 13.8 Å². The zero-order chi connectivity index (χ0) is 7.44. The lowest BCUT2D eigenvalue weighted by molar-refractivity contribution is -0.115. The Hall–Kier alpha value is -0.630. The Kier molecular flexibility index (Phi) is 3.17. The van der Waals surface area contributed by atoms with E-state index in [-0.39, 0.29) is 11.8 Å². The van der Waals surface area contributed by atoms with Gasteiger partial charge in [0.25, 0.3) is 0 Å². The quantitative estimate of drug-likeness (QED) is 0.571. The summed E-state index contributed by atoms with van der Waals surface area (Å²) in [6.07, 6.45) is 0.412. The first-order valence-electron chi connectivity index (χ1n) is 2.98. The third-order valence-electron chi connectivity index (χ3n) is 0.983. The van der Waals surface area contributed by atoms with E-state index in [1.165, 1.54) is 0 Å². The first-order chi connectivity index (χ1) is 4.04. The number of Topliss-reactive ketones (excluding diaryl/α,β-unsaturated/α-hetero) is 1. The van der Waals surface area contributed by atoms with Crippen molar-refractivity contribution in [3.8, 4) is 0 Å². The van der Waals surface area contributed by atoms with E-state index >= 15 is 0 Å². The Morgan fingerprint density at radius 1 is 1.78 bits per heavy atom. The van der Waals surface area contributed by atoms with Gasteiger partial charge < -0.3 is 5.73 Å². The minimum absolute atomic E-state index is 0.0470. The molecule has 0 saturated carbocycles. The average Bonchev–Trinajstić information content (AvgIpc) is 1.63. The summed E-state index contributed by atoms with van der Waals surface area (Å²) in [5.74, 6) is 0.0602. The monoisotopic (exact) mass is 127 g/mol. The molecule has 0 aromatic carbocycles. The normalized spacial score (nSPS) is 12.8. The number of carbonyl (C=O) groups is 1. The molecule has 0 saturated heterocycles. The Morgan fingerprint density at radius 2 is 2.22 bits per heavy atom. The van der Waals surface area contributed by atoms with Crippen molar-refractivity contribution in [3.05, 3.63) is 12.2 Å². The summed E-state index contributed by atoms with van der Waals surface area (Å²) in [7, 11) is 0. The zero-order valence-corrected chi connectivity index (χ0v) is 5.98. The van der Waals surface area contributed by atoms with Crippen molar-refractivity contribution in [2.24, 2.45) is 5.73 Å². The fourth-order valence-electron chi connectivity index (χ4n) is 0.467. The maximum atomic E-state index is 10.8. The van der Waals surface area contributed by atoms with Gasteiger partial charge >= 0.3 is 0 Å². The third-order valence-corrected chi connectivity index (χ3v) is 0.983. The van der Waals surface area contributed by atoms with Crippen molar-refractivity contribution < 1.29 is 4.79 Å². The predicted octanol–water partition coefficient (Wildman–Crippen LogP) is 0.869. The Labute approximate surface area is 55.7 Å². The molecular formula is C7H13NO. The second-order valence-electron chi connectivity index (χ2n) is 2.38. The largest absolute Gasteiger partial charge is 0.328 e. The number of ketones is 1. The fourth-order valence-corrected chi connectivity index (χ4v) is 0.467. The molecule has 1 unspecified atom stereocenters. The van der Waals surface area contributed by atoms with Crippen LogP contribution in [0, 0.1) is 0 Å². The summed E-state index contributed by atoms with van der Waals surface area (Å²) >= 11 is 0. The van der Waals surface area contributed by atoms with Crippen molar-refractivity contribution in [1.29, 1.82) is 0 Å². The lowest BCUT2D eigenvalue weighted by Gasteiger charge is -2.01. The molecule has 0 spiro atoms. The number of hydrogen-bond donors (Lipinski definition) is 1. The van der Waals surface area contributed by atoms with Gasteiger partial charge in [-0.25, -0.2) is 0 Å². The van der Waals surface area contributed by atoms with Crippen LogP contribution in [0.15, 0.2) is 12.2 Å². The van der Waals surface area contributed by atoms with Crippen LogP contribution >= 0.6 is 0 Å². The molecule has 0 radical (unpaired) electrons. The fraction of sp³-hybridized carbons (Fsp3) is 0.571. The van der Waals surface area contributed by atoms with E-state index in [1.807, 2.05) is 0 Å². The molecule has 0 aliphatic rings. The summed E-state index contributed by atoms with van der Waals surface area (Å²) in [5, 5.41) is 0. The minimum Gasteiger partial charge on any atom is -0.328 e. The second-order valence-corrected chi connectivity index (χ2v) is 2.38. The number of carbonyl (C=O) groups excluding carboxylic acids is 1. The highest BCUT2D eigenvalue weighted by Gasteiger charge is 2.03. The van der Waals surface area contributed by atoms with Crippen molar-refractivity contribution in [2.75, 3.05) is 0 Å². The molecule has 0 fully saturated rings. The molecule has 9 heavy (non-hydrogen) atoms. The lowest BCUT2D eigenvalue weighted by atomic mass is 10.1. The van der Waals surface area contributed by atoms with Crippen LogP contribution in [0.25, 0.3) is 0 Å². The highest BCUT2D eigenvalue weighted by atomic mass is 16.1. The number of rotatable bonds is 3. The van der Waals surface area contributed by atoms with Gasteiger partial charge in [0.1, 0.15) is 0 Å². The molecule has 0 rings (SSSR count). The van der Waals surface area contributed by atoms with E-state index in [9.17, 15) is 4.79 Å². The van der Waals surface area contributed by atoms with Gasteiger partial charge in [-0.15, -0.1) is 0 Å². The minimum atomic E-state index is -0.0470. The molecule has 0 aliphatic carbocycles. The van der Waals surface area contributed by atoms with Gasteiger partial charge in [-0.2, -0.15) is 0 Å². The number of hydrogen-bond acceptors (Lipinski definition) is 2. The van der Waals surface area contributed by atoms with E-state index in [4.69, 9.17) is 5.73 Å².